The topological polar surface area (TPSA) is 75.7 Å². The highest BCUT2D eigenvalue weighted by molar-refractivity contribution is 7.92. The van der Waals surface area contributed by atoms with E-state index in [0.717, 1.165) is 15.1 Å². The van der Waals surface area contributed by atoms with E-state index in [1.165, 1.54) is 19.2 Å². The van der Waals surface area contributed by atoms with E-state index in [0.29, 0.717) is 17.1 Å². The number of hydrogen-bond acceptors (Lipinski definition) is 4. The Morgan fingerprint density at radius 2 is 1.50 bits per heavy atom. The molecule has 162 valence electrons. The maximum atomic E-state index is 13.4. The number of anilines is 2. The van der Waals surface area contributed by atoms with Gasteiger partial charge in [-0.05, 0) is 47.9 Å². The molecule has 0 unspecified atom stereocenters. The number of nitrogens with one attached hydrogen (secondary N) is 1. The Labute approximate surface area is 187 Å². The zero-order valence-electron chi connectivity index (χ0n) is 17.4. The van der Waals surface area contributed by atoms with Gasteiger partial charge in [0.2, 0.25) is 5.91 Å². The maximum absolute atomic E-state index is 13.4. The third-order valence-corrected chi connectivity index (χ3v) is 6.83. The number of amides is 1. The SMILES string of the molecule is COc1ccc(N(CC(=O)Nc2cccc3ccccc23)S(=O)(=O)c2ccccc2)cc1. The van der Waals surface area contributed by atoms with Crippen LogP contribution < -0.4 is 14.4 Å². The Kier molecular flexibility index (Phi) is 6.09. The van der Waals surface area contributed by atoms with Crippen LogP contribution in [-0.4, -0.2) is 28.0 Å². The summed E-state index contributed by atoms with van der Waals surface area (Å²) in [6.07, 6.45) is 0. The van der Waals surface area contributed by atoms with E-state index < -0.39 is 15.9 Å². The highest BCUT2D eigenvalue weighted by atomic mass is 32.2. The van der Waals surface area contributed by atoms with Gasteiger partial charge in [0, 0.05) is 11.1 Å². The number of hydrogen-bond donors (Lipinski definition) is 1. The van der Waals surface area contributed by atoms with Crippen molar-refractivity contribution in [3.05, 3.63) is 97.1 Å². The van der Waals surface area contributed by atoms with Crippen molar-refractivity contribution in [2.75, 3.05) is 23.3 Å². The van der Waals surface area contributed by atoms with Gasteiger partial charge in [-0.25, -0.2) is 8.42 Å². The van der Waals surface area contributed by atoms with Gasteiger partial charge in [0.05, 0.1) is 17.7 Å². The second-order valence-corrected chi connectivity index (χ2v) is 8.96. The number of benzene rings is 4. The van der Waals surface area contributed by atoms with Gasteiger partial charge >= 0.3 is 0 Å². The van der Waals surface area contributed by atoms with E-state index in [1.807, 2.05) is 36.4 Å². The maximum Gasteiger partial charge on any atom is 0.264 e. The summed E-state index contributed by atoms with van der Waals surface area (Å²) in [7, 11) is -2.44. The molecule has 4 rings (SSSR count). The summed E-state index contributed by atoms with van der Waals surface area (Å²) < 4.78 is 33.1. The zero-order chi connectivity index (χ0) is 22.6. The molecule has 0 aliphatic carbocycles. The number of nitrogens with zero attached hydrogens (tertiary/aromatic N) is 1. The third kappa shape index (κ3) is 4.43. The smallest absolute Gasteiger partial charge is 0.264 e. The fourth-order valence-corrected chi connectivity index (χ4v) is 4.88. The molecular weight excluding hydrogens is 424 g/mol. The molecule has 0 atom stereocenters. The lowest BCUT2D eigenvalue weighted by Gasteiger charge is -2.24. The molecule has 0 bridgehead atoms. The molecule has 4 aromatic rings. The van der Waals surface area contributed by atoms with Crippen molar-refractivity contribution in [2.45, 2.75) is 4.90 Å². The molecule has 0 spiro atoms. The number of carbonyl (C=O) groups excluding carboxylic acids is 1. The Morgan fingerprint density at radius 3 is 2.22 bits per heavy atom. The first-order valence-electron chi connectivity index (χ1n) is 9.98. The molecule has 0 fully saturated rings. The molecule has 0 saturated heterocycles. The van der Waals surface area contributed by atoms with Crippen LogP contribution in [0.5, 0.6) is 5.75 Å². The average Bonchev–Trinajstić information content (AvgIpc) is 2.83. The summed E-state index contributed by atoms with van der Waals surface area (Å²) >= 11 is 0. The molecular formula is C25H22N2O4S. The van der Waals surface area contributed by atoms with Crippen LogP contribution in [0.4, 0.5) is 11.4 Å². The molecule has 0 aromatic heterocycles. The summed E-state index contributed by atoms with van der Waals surface area (Å²) in [6.45, 7) is -0.382. The molecule has 0 aliphatic rings. The summed E-state index contributed by atoms with van der Waals surface area (Å²) in [5.41, 5.74) is 0.989. The summed E-state index contributed by atoms with van der Waals surface area (Å²) in [6, 6.07) is 27.9. The van der Waals surface area contributed by atoms with Crippen molar-refractivity contribution in [1.29, 1.82) is 0 Å². The highest BCUT2D eigenvalue weighted by Crippen LogP contribution is 2.27. The van der Waals surface area contributed by atoms with Crippen molar-refractivity contribution in [3.63, 3.8) is 0 Å². The first kappa shape index (κ1) is 21.4. The number of sulfonamides is 1. The van der Waals surface area contributed by atoms with Crippen LogP contribution in [0, 0.1) is 0 Å². The molecule has 1 N–H and O–H groups in total. The molecule has 7 heteroatoms. The lowest BCUT2D eigenvalue weighted by Crippen LogP contribution is -2.38. The first-order chi connectivity index (χ1) is 15.5. The van der Waals surface area contributed by atoms with Crippen molar-refractivity contribution in [1.82, 2.24) is 0 Å². The Balaban J connectivity index is 1.67. The largest absolute Gasteiger partial charge is 0.497 e. The fourth-order valence-electron chi connectivity index (χ4n) is 3.44. The molecule has 4 aromatic carbocycles. The minimum atomic E-state index is -3.97. The van der Waals surface area contributed by atoms with Crippen LogP contribution in [0.1, 0.15) is 0 Å². The van der Waals surface area contributed by atoms with Crippen LogP contribution in [0.15, 0.2) is 102 Å². The van der Waals surface area contributed by atoms with Crippen LogP contribution in [-0.2, 0) is 14.8 Å². The van der Waals surface area contributed by atoms with E-state index in [9.17, 15) is 13.2 Å². The van der Waals surface area contributed by atoms with Gasteiger partial charge in [-0.15, -0.1) is 0 Å². The zero-order valence-corrected chi connectivity index (χ0v) is 18.2. The second-order valence-electron chi connectivity index (χ2n) is 7.10. The number of ether oxygens (including phenoxy) is 1. The molecule has 0 aliphatic heterocycles. The fraction of sp³-hybridized carbons (Fsp3) is 0.0800. The lowest BCUT2D eigenvalue weighted by molar-refractivity contribution is -0.114. The molecule has 6 nitrogen and oxygen atoms in total. The van der Waals surface area contributed by atoms with E-state index >= 15 is 0 Å². The van der Waals surface area contributed by atoms with Gasteiger partial charge in [-0.3, -0.25) is 9.10 Å². The molecule has 32 heavy (non-hydrogen) atoms. The van der Waals surface area contributed by atoms with Crippen LogP contribution >= 0.6 is 0 Å². The van der Waals surface area contributed by atoms with E-state index in [4.69, 9.17) is 4.74 Å². The van der Waals surface area contributed by atoms with Crippen LogP contribution in [0.3, 0.4) is 0 Å². The standard InChI is InChI=1S/C25H22N2O4S/c1-31-21-16-14-20(15-17-21)27(32(29,30)22-10-3-2-4-11-22)18-25(28)26-24-13-7-9-19-8-5-6-12-23(19)24/h2-17H,18H2,1H3,(H,26,28). The Morgan fingerprint density at radius 1 is 0.844 bits per heavy atom. The van der Waals surface area contributed by atoms with Gasteiger partial charge in [-0.1, -0.05) is 54.6 Å². The highest BCUT2D eigenvalue weighted by Gasteiger charge is 2.27. The minimum absolute atomic E-state index is 0.105. The van der Waals surface area contributed by atoms with Crippen molar-refractivity contribution < 1.29 is 17.9 Å². The number of fused-ring (bicyclic) bond motifs is 1. The minimum Gasteiger partial charge on any atom is -0.497 e. The predicted octanol–water partition coefficient (Wildman–Crippen LogP) is 4.68. The summed E-state index contributed by atoms with van der Waals surface area (Å²) in [5, 5.41) is 4.72. The van der Waals surface area contributed by atoms with Gasteiger partial charge < -0.3 is 10.1 Å². The van der Waals surface area contributed by atoms with Crippen LogP contribution in [0.25, 0.3) is 10.8 Å². The molecule has 0 heterocycles. The number of methoxy groups -OCH3 is 1. The van der Waals surface area contributed by atoms with Crippen molar-refractivity contribution in [2.24, 2.45) is 0 Å². The molecule has 0 saturated carbocycles. The summed E-state index contributed by atoms with van der Waals surface area (Å²) in [5.74, 6) is 0.141. The Hall–Kier alpha value is -3.84. The van der Waals surface area contributed by atoms with Crippen molar-refractivity contribution in [3.8, 4) is 5.75 Å². The quantitative estimate of drug-likeness (QED) is 0.447. The monoisotopic (exact) mass is 446 g/mol. The molecule has 1 amide bonds. The van der Waals surface area contributed by atoms with E-state index in [1.54, 1.807) is 48.5 Å². The van der Waals surface area contributed by atoms with Gasteiger partial charge in [-0.2, -0.15) is 0 Å². The number of rotatable bonds is 7. The van der Waals surface area contributed by atoms with Crippen LogP contribution in [0.2, 0.25) is 0 Å². The van der Waals surface area contributed by atoms with E-state index in [-0.39, 0.29) is 11.4 Å². The van der Waals surface area contributed by atoms with E-state index in [2.05, 4.69) is 5.32 Å². The predicted molar refractivity (Wildman–Crippen MR) is 127 cm³/mol. The Bertz CT molecular complexity index is 1330. The van der Waals surface area contributed by atoms with Gasteiger partial charge in [0.25, 0.3) is 10.0 Å². The van der Waals surface area contributed by atoms with Gasteiger partial charge in [0.15, 0.2) is 0 Å². The first-order valence-corrected chi connectivity index (χ1v) is 11.4. The third-order valence-electron chi connectivity index (χ3n) is 5.04. The summed E-state index contributed by atoms with van der Waals surface area (Å²) in [4.78, 5) is 13.1. The normalized spacial score (nSPS) is 11.2. The average molecular weight is 447 g/mol. The van der Waals surface area contributed by atoms with Gasteiger partial charge in [0.1, 0.15) is 12.3 Å². The number of carbonyl (C=O) groups is 1. The lowest BCUT2D eigenvalue weighted by atomic mass is 10.1. The molecule has 0 radical (unpaired) electrons. The second kappa shape index (κ2) is 9.11. The van der Waals surface area contributed by atoms with Crippen molar-refractivity contribution >= 4 is 38.1 Å².